The SMILES string of the molecule is O=NC(c1ccc(OC2COC2)nn1)c1cc(-c2ncnc3cc(N4CCOCC4)ccc23)c(F)cc1O. The van der Waals surface area contributed by atoms with Crippen LogP contribution in [0.2, 0.25) is 0 Å². The first-order valence-corrected chi connectivity index (χ1v) is 12.1. The van der Waals surface area contributed by atoms with E-state index in [-0.39, 0.29) is 28.8 Å². The van der Waals surface area contributed by atoms with E-state index in [4.69, 9.17) is 14.2 Å². The van der Waals surface area contributed by atoms with Crippen LogP contribution in [0, 0.1) is 10.7 Å². The number of ether oxygens (including phenoxy) is 3. The largest absolute Gasteiger partial charge is 0.507 e. The summed E-state index contributed by atoms with van der Waals surface area (Å²) in [6.07, 6.45) is 1.27. The van der Waals surface area contributed by atoms with E-state index in [1.807, 2.05) is 18.2 Å². The minimum absolute atomic E-state index is 0.0726. The summed E-state index contributed by atoms with van der Waals surface area (Å²) in [5.74, 6) is -0.858. The van der Waals surface area contributed by atoms with Gasteiger partial charge in [0.1, 0.15) is 24.0 Å². The number of nitroso groups, excluding NO2 is 1. The van der Waals surface area contributed by atoms with E-state index in [1.54, 1.807) is 6.07 Å². The van der Waals surface area contributed by atoms with Crippen LogP contribution in [-0.4, -0.2) is 70.9 Å². The number of benzene rings is 2. The number of phenolic OH excluding ortho intramolecular Hbond substituents is 1. The third-order valence-corrected chi connectivity index (χ3v) is 6.60. The number of morpholine rings is 1. The van der Waals surface area contributed by atoms with Crippen LogP contribution in [0.4, 0.5) is 10.1 Å². The molecular formula is C26H23FN6O5. The number of phenols is 1. The van der Waals surface area contributed by atoms with Crippen molar-refractivity contribution in [1.82, 2.24) is 20.2 Å². The maximum Gasteiger partial charge on any atom is 0.233 e. The fourth-order valence-electron chi connectivity index (χ4n) is 4.52. The zero-order valence-corrected chi connectivity index (χ0v) is 20.2. The second kappa shape index (κ2) is 10.2. The van der Waals surface area contributed by atoms with Crippen molar-refractivity contribution in [2.24, 2.45) is 5.18 Å². The highest BCUT2D eigenvalue weighted by molar-refractivity contribution is 5.94. The van der Waals surface area contributed by atoms with Crippen LogP contribution in [0.1, 0.15) is 17.3 Å². The molecule has 12 heteroatoms. The van der Waals surface area contributed by atoms with Crippen LogP contribution in [0.25, 0.3) is 22.2 Å². The molecule has 0 radical (unpaired) electrons. The molecular weight excluding hydrogens is 495 g/mol. The summed E-state index contributed by atoms with van der Waals surface area (Å²) in [7, 11) is 0. The minimum Gasteiger partial charge on any atom is -0.507 e. The number of rotatable bonds is 7. The van der Waals surface area contributed by atoms with Crippen LogP contribution in [0.15, 0.2) is 54.0 Å². The molecule has 2 aromatic heterocycles. The second-order valence-corrected chi connectivity index (χ2v) is 9.00. The molecule has 1 atom stereocenters. The predicted molar refractivity (Wildman–Crippen MR) is 135 cm³/mol. The molecule has 2 saturated heterocycles. The average molecular weight is 519 g/mol. The zero-order chi connectivity index (χ0) is 26.1. The van der Waals surface area contributed by atoms with E-state index >= 15 is 4.39 Å². The Morgan fingerprint density at radius 1 is 1.05 bits per heavy atom. The summed E-state index contributed by atoms with van der Waals surface area (Å²) in [5, 5.41) is 22.4. The van der Waals surface area contributed by atoms with Gasteiger partial charge in [-0.2, -0.15) is 0 Å². The molecule has 1 N–H and O–H groups in total. The van der Waals surface area contributed by atoms with Crippen molar-refractivity contribution >= 4 is 16.6 Å². The highest BCUT2D eigenvalue weighted by Crippen LogP contribution is 2.38. The van der Waals surface area contributed by atoms with Crippen LogP contribution in [0.5, 0.6) is 11.6 Å². The maximum atomic E-state index is 15.2. The van der Waals surface area contributed by atoms with Gasteiger partial charge in [0, 0.05) is 47.4 Å². The third kappa shape index (κ3) is 4.59. The predicted octanol–water partition coefficient (Wildman–Crippen LogP) is 3.40. The Bertz CT molecular complexity index is 1480. The number of hydrogen-bond donors (Lipinski definition) is 1. The van der Waals surface area contributed by atoms with Crippen LogP contribution in [-0.2, 0) is 9.47 Å². The Labute approximate surface area is 216 Å². The Kier molecular flexibility index (Phi) is 6.48. The van der Waals surface area contributed by atoms with Gasteiger partial charge in [0.15, 0.2) is 6.04 Å². The smallest absolute Gasteiger partial charge is 0.233 e. The molecule has 2 aliphatic heterocycles. The van der Waals surface area contributed by atoms with Crippen molar-refractivity contribution in [3.63, 3.8) is 0 Å². The van der Waals surface area contributed by atoms with Gasteiger partial charge in [0.05, 0.1) is 43.3 Å². The number of aromatic hydroxyl groups is 1. The zero-order valence-electron chi connectivity index (χ0n) is 20.2. The quantitative estimate of drug-likeness (QED) is 0.363. The van der Waals surface area contributed by atoms with Crippen molar-refractivity contribution in [1.29, 1.82) is 0 Å². The fourth-order valence-corrected chi connectivity index (χ4v) is 4.52. The standard InChI is InChI=1S/C26H23FN6O5/c27-20-11-23(34)19(26(32-35)21-3-4-24(31-30-21)38-16-12-37-13-16)10-18(20)25-17-2-1-15(9-22(17)28-14-29-25)33-5-7-36-8-6-33/h1-4,9-11,14,16,26,34H,5-8,12-13H2. The van der Waals surface area contributed by atoms with E-state index in [1.165, 1.54) is 18.5 Å². The molecule has 0 amide bonds. The lowest BCUT2D eigenvalue weighted by Crippen LogP contribution is -2.38. The summed E-state index contributed by atoms with van der Waals surface area (Å²) in [4.78, 5) is 22.8. The Hall–Kier alpha value is -4.29. The molecule has 0 saturated carbocycles. The van der Waals surface area contributed by atoms with Crippen molar-refractivity contribution in [2.75, 3.05) is 44.4 Å². The van der Waals surface area contributed by atoms with Gasteiger partial charge in [-0.25, -0.2) is 14.4 Å². The number of fused-ring (bicyclic) bond motifs is 1. The van der Waals surface area contributed by atoms with Crippen molar-refractivity contribution in [3.8, 4) is 22.9 Å². The molecule has 4 heterocycles. The highest BCUT2D eigenvalue weighted by Gasteiger charge is 2.26. The van der Waals surface area contributed by atoms with Gasteiger partial charge >= 0.3 is 0 Å². The van der Waals surface area contributed by atoms with Gasteiger partial charge in [0.2, 0.25) is 5.88 Å². The molecule has 2 aromatic carbocycles. The molecule has 2 aliphatic rings. The van der Waals surface area contributed by atoms with Gasteiger partial charge in [-0.05, 0) is 30.3 Å². The molecule has 0 aliphatic carbocycles. The molecule has 4 aromatic rings. The number of anilines is 1. The molecule has 6 rings (SSSR count). The van der Waals surface area contributed by atoms with Crippen LogP contribution < -0.4 is 9.64 Å². The highest BCUT2D eigenvalue weighted by atomic mass is 19.1. The Morgan fingerprint density at radius 2 is 1.89 bits per heavy atom. The minimum atomic E-state index is -1.23. The second-order valence-electron chi connectivity index (χ2n) is 9.00. The van der Waals surface area contributed by atoms with Crippen LogP contribution >= 0.6 is 0 Å². The van der Waals surface area contributed by atoms with E-state index in [0.717, 1.165) is 24.8 Å². The Balaban J connectivity index is 1.35. The summed E-state index contributed by atoms with van der Waals surface area (Å²) in [5.41, 5.74) is 2.28. The van der Waals surface area contributed by atoms with Gasteiger partial charge in [0.25, 0.3) is 0 Å². The van der Waals surface area contributed by atoms with E-state index in [0.29, 0.717) is 43.0 Å². The molecule has 2 fully saturated rings. The molecule has 0 bridgehead atoms. The van der Waals surface area contributed by atoms with E-state index in [2.05, 4.69) is 30.2 Å². The number of aromatic nitrogens is 4. The van der Waals surface area contributed by atoms with E-state index < -0.39 is 17.6 Å². The van der Waals surface area contributed by atoms with Crippen molar-refractivity contribution < 1.29 is 23.7 Å². The van der Waals surface area contributed by atoms with Gasteiger partial charge in [-0.15, -0.1) is 15.1 Å². The summed E-state index contributed by atoms with van der Waals surface area (Å²) in [6.45, 7) is 3.78. The molecule has 11 nitrogen and oxygen atoms in total. The topological polar surface area (TPSA) is 132 Å². The monoisotopic (exact) mass is 518 g/mol. The molecule has 38 heavy (non-hydrogen) atoms. The lowest BCUT2D eigenvalue weighted by molar-refractivity contribution is -0.0816. The molecule has 1 unspecified atom stereocenters. The lowest BCUT2D eigenvalue weighted by Gasteiger charge is -2.29. The van der Waals surface area contributed by atoms with Gasteiger partial charge in [-0.3, -0.25) is 0 Å². The summed E-state index contributed by atoms with van der Waals surface area (Å²) < 4.78 is 31.3. The lowest BCUT2D eigenvalue weighted by atomic mass is 9.97. The number of nitrogens with zero attached hydrogens (tertiary/aromatic N) is 6. The molecule has 0 spiro atoms. The third-order valence-electron chi connectivity index (χ3n) is 6.60. The van der Waals surface area contributed by atoms with Crippen molar-refractivity contribution in [3.05, 3.63) is 70.8 Å². The fraction of sp³-hybridized carbons (Fsp3) is 0.308. The Morgan fingerprint density at radius 3 is 2.61 bits per heavy atom. The first-order chi connectivity index (χ1) is 18.6. The first-order valence-electron chi connectivity index (χ1n) is 12.1. The number of hydrogen-bond acceptors (Lipinski definition) is 11. The normalized spacial score (nSPS) is 16.7. The molecule has 194 valence electrons. The average Bonchev–Trinajstić information content (AvgIpc) is 2.93. The maximum absolute atomic E-state index is 15.2. The number of halogens is 1. The van der Waals surface area contributed by atoms with Crippen LogP contribution in [0.3, 0.4) is 0 Å². The van der Waals surface area contributed by atoms with Gasteiger partial charge in [-0.1, -0.05) is 5.18 Å². The summed E-state index contributed by atoms with van der Waals surface area (Å²) in [6, 6.07) is 9.87. The van der Waals surface area contributed by atoms with Gasteiger partial charge < -0.3 is 24.2 Å². The summed E-state index contributed by atoms with van der Waals surface area (Å²) >= 11 is 0. The first kappa shape index (κ1) is 24.1. The van der Waals surface area contributed by atoms with E-state index in [9.17, 15) is 10.0 Å². The van der Waals surface area contributed by atoms with Crippen molar-refractivity contribution in [2.45, 2.75) is 12.1 Å².